The van der Waals surface area contributed by atoms with Crippen molar-refractivity contribution in [1.29, 1.82) is 0 Å². The van der Waals surface area contributed by atoms with Crippen LogP contribution < -0.4 is 4.72 Å². The third-order valence-corrected chi connectivity index (χ3v) is 4.00. The van der Waals surface area contributed by atoms with Crippen LogP contribution in [0.15, 0.2) is 41.3 Å². The Morgan fingerprint density at radius 1 is 1.09 bits per heavy atom. The number of sulfonamides is 1. The van der Waals surface area contributed by atoms with Crippen LogP contribution in [0.5, 0.6) is 5.75 Å². The van der Waals surface area contributed by atoms with Crippen molar-refractivity contribution in [2.45, 2.75) is 4.90 Å². The highest BCUT2D eigenvalue weighted by molar-refractivity contribution is 7.92. The minimum absolute atomic E-state index is 0.255. The number of phenolic OH excluding ortho intramolecular Hbond substituents is 1. The summed E-state index contributed by atoms with van der Waals surface area (Å²) in [6.07, 6.45) is 0. The highest BCUT2D eigenvalue weighted by Crippen LogP contribution is 2.29. The summed E-state index contributed by atoms with van der Waals surface area (Å²) in [6.45, 7) is 0. The highest BCUT2D eigenvalue weighted by Gasteiger charge is 2.21. The van der Waals surface area contributed by atoms with E-state index in [1.165, 1.54) is 0 Å². The average Bonchev–Trinajstić information content (AvgIpc) is 2.42. The molecule has 0 heterocycles. The molecule has 10 heteroatoms. The molecule has 0 aliphatic rings. The maximum Gasteiger partial charge on any atom is 0.312 e. The second kappa shape index (κ2) is 5.56. The number of nitrogens with zero attached hydrogens (tertiary/aromatic N) is 1. The maximum absolute atomic E-state index is 13.0. The van der Waals surface area contributed by atoms with E-state index in [2.05, 4.69) is 0 Å². The third-order valence-electron chi connectivity index (χ3n) is 2.63. The summed E-state index contributed by atoms with van der Waals surface area (Å²) >= 11 is 0. The van der Waals surface area contributed by atoms with Crippen LogP contribution in [-0.4, -0.2) is 18.4 Å². The van der Waals surface area contributed by atoms with Crippen molar-refractivity contribution < 1.29 is 27.2 Å². The summed E-state index contributed by atoms with van der Waals surface area (Å²) in [4.78, 5) is 9.22. The normalized spacial score (nSPS) is 11.2. The summed E-state index contributed by atoms with van der Waals surface area (Å²) in [5.74, 6) is -3.10. The fraction of sp³-hybridized carbons (Fsp3) is 0. The zero-order valence-electron chi connectivity index (χ0n) is 10.7. The predicted octanol–water partition coefficient (Wildman–Crippen LogP) is 2.38. The first-order valence-corrected chi connectivity index (χ1v) is 7.14. The van der Waals surface area contributed by atoms with Crippen LogP contribution in [0.25, 0.3) is 0 Å². The number of hydrogen-bond donors (Lipinski definition) is 2. The zero-order chi connectivity index (χ0) is 16.5. The van der Waals surface area contributed by atoms with Crippen LogP contribution in [0.3, 0.4) is 0 Å². The van der Waals surface area contributed by atoms with Gasteiger partial charge in [-0.15, -0.1) is 0 Å². The maximum atomic E-state index is 13.0. The molecule has 0 aromatic heterocycles. The third kappa shape index (κ3) is 3.11. The van der Waals surface area contributed by atoms with Gasteiger partial charge in [-0.3, -0.25) is 14.8 Å². The lowest BCUT2D eigenvalue weighted by Crippen LogP contribution is -2.13. The van der Waals surface area contributed by atoms with Crippen molar-refractivity contribution in [2.24, 2.45) is 0 Å². The molecule has 0 saturated heterocycles. The summed E-state index contributed by atoms with van der Waals surface area (Å²) in [6, 6.07) is 4.78. The molecule has 0 aliphatic heterocycles. The Labute approximate surface area is 123 Å². The predicted molar refractivity (Wildman–Crippen MR) is 71.9 cm³/mol. The highest BCUT2D eigenvalue weighted by atomic mass is 32.2. The quantitative estimate of drug-likeness (QED) is 0.661. The van der Waals surface area contributed by atoms with Crippen molar-refractivity contribution >= 4 is 21.4 Å². The van der Waals surface area contributed by atoms with E-state index in [0.717, 1.165) is 24.3 Å². The molecule has 2 aromatic carbocycles. The van der Waals surface area contributed by atoms with E-state index >= 15 is 0 Å². The van der Waals surface area contributed by atoms with Gasteiger partial charge in [-0.25, -0.2) is 17.2 Å². The van der Waals surface area contributed by atoms with Gasteiger partial charge in [0.2, 0.25) is 0 Å². The SMILES string of the molecule is O=[N+]([O-])c1cc(S(=O)(=O)Nc2ccc(F)c(F)c2)ccc1O. The molecule has 7 nitrogen and oxygen atoms in total. The molecule has 2 aromatic rings. The van der Waals surface area contributed by atoms with Crippen LogP contribution >= 0.6 is 0 Å². The van der Waals surface area contributed by atoms with Gasteiger partial charge in [-0.2, -0.15) is 0 Å². The Hall–Kier alpha value is -2.75. The number of halogens is 2. The molecule has 0 spiro atoms. The van der Waals surface area contributed by atoms with E-state index in [1.807, 2.05) is 4.72 Å². The van der Waals surface area contributed by atoms with Gasteiger partial charge in [0.1, 0.15) is 0 Å². The van der Waals surface area contributed by atoms with Crippen molar-refractivity contribution in [3.05, 3.63) is 58.1 Å². The monoisotopic (exact) mass is 330 g/mol. The van der Waals surface area contributed by atoms with Gasteiger partial charge in [-0.05, 0) is 24.3 Å². The summed E-state index contributed by atoms with van der Waals surface area (Å²) in [5, 5.41) is 20.0. The molecule has 0 amide bonds. The van der Waals surface area contributed by atoms with E-state index in [4.69, 9.17) is 0 Å². The summed E-state index contributed by atoms with van der Waals surface area (Å²) in [5.41, 5.74) is -1.05. The van der Waals surface area contributed by atoms with E-state index in [-0.39, 0.29) is 5.69 Å². The first-order valence-electron chi connectivity index (χ1n) is 5.66. The first kappa shape index (κ1) is 15.6. The minimum atomic E-state index is -4.27. The van der Waals surface area contributed by atoms with Gasteiger partial charge in [0.05, 0.1) is 15.5 Å². The number of phenols is 1. The van der Waals surface area contributed by atoms with E-state index < -0.39 is 42.9 Å². The second-order valence-electron chi connectivity index (χ2n) is 4.14. The number of nitrogens with one attached hydrogen (secondary N) is 1. The Morgan fingerprint density at radius 3 is 2.36 bits per heavy atom. The molecule has 0 fully saturated rings. The Bertz CT molecular complexity index is 855. The van der Waals surface area contributed by atoms with Crippen LogP contribution in [0.4, 0.5) is 20.2 Å². The van der Waals surface area contributed by atoms with Crippen LogP contribution in [0.1, 0.15) is 0 Å². The molecule has 0 saturated carbocycles. The fourth-order valence-electron chi connectivity index (χ4n) is 1.59. The number of nitro groups is 1. The number of aromatic hydroxyl groups is 1. The second-order valence-corrected chi connectivity index (χ2v) is 5.82. The molecule has 0 aliphatic carbocycles. The lowest BCUT2D eigenvalue weighted by molar-refractivity contribution is -0.386. The molecular weight excluding hydrogens is 322 g/mol. The van der Waals surface area contributed by atoms with Gasteiger partial charge in [-0.1, -0.05) is 0 Å². The van der Waals surface area contributed by atoms with Gasteiger partial charge < -0.3 is 5.11 Å². The molecule has 0 bridgehead atoms. The zero-order valence-corrected chi connectivity index (χ0v) is 11.5. The van der Waals surface area contributed by atoms with Gasteiger partial charge in [0, 0.05) is 12.1 Å². The summed E-state index contributed by atoms with van der Waals surface area (Å²) in [7, 11) is -4.27. The van der Waals surface area contributed by atoms with Gasteiger partial charge >= 0.3 is 5.69 Å². The van der Waals surface area contributed by atoms with Gasteiger partial charge in [0.15, 0.2) is 17.4 Å². The molecule has 0 atom stereocenters. The molecule has 0 unspecified atom stereocenters. The van der Waals surface area contributed by atoms with Crippen molar-refractivity contribution in [1.82, 2.24) is 0 Å². The lowest BCUT2D eigenvalue weighted by Gasteiger charge is -2.08. The lowest BCUT2D eigenvalue weighted by atomic mass is 10.3. The smallest absolute Gasteiger partial charge is 0.312 e. The Balaban J connectivity index is 2.40. The topological polar surface area (TPSA) is 110 Å². The number of benzene rings is 2. The molecule has 2 N–H and O–H groups in total. The molecule has 22 heavy (non-hydrogen) atoms. The van der Waals surface area contributed by atoms with Crippen molar-refractivity contribution in [2.75, 3.05) is 4.72 Å². The van der Waals surface area contributed by atoms with E-state index in [9.17, 15) is 32.4 Å². The number of rotatable bonds is 4. The molecular formula is C12H8F2N2O5S. The Kier molecular flexibility index (Phi) is 3.95. The molecule has 2 rings (SSSR count). The first-order chi connectivity index (χ1) is 10.2. The van der Waals surface area contributed by atoms with Gasteiger partial charge in [0.25, 0.3) is 10.0 Å². The van der Waals surface area contributed by atoms with Crippen molar-refractivity contribution in [3.63, 3.8) is 0 Å². The number of nitro benzene ring substituents is 1. The average molecular weight is 330 g/mol. The number of anilines is 1. The number of hydrogen-bond acceptors (Lipinski definition) is 5. The minimum Gasteiger partial charge on any atom is -0.502 e. The largest absolute Gasteiger partial charge is 0.502 e. The standard InChI is InChI=1S/C12H8F2N2O5S/c13-9-3-1-7(5-10(9)14)15-22(20,21)8-2-4-12(17)11(6-8)16(18)19/h1-6,15,17H. The fourth-order valence-corrected chi connectivity index (χ4v) is 2.66. The molecule has 0 radical (unpaired) electrons. The van der Waals surface area contributed by atoms with Crippen LogP contribution in [0, 0.1) is 21.7 Å². The van der Waals surface area contributed by atoms with Crippen molar-refractivity contribution in [3.8, 4) is 5.75 Å². The summed E-state index contributed by atoms with van der Waals surface area (Å²) < 4.78 is 51.9. The molecule has 116 valence electrons. The Morgan fingerprint density at radius 2 is 1.77 bits per heavy atom. The van der Waals surface area contributed by atoms with Crippen LogP contribution in [-0.2, 0) is 10.0 Å². The van der Waals surface area contributed by atoms with E-state index in [0.29, 0.717) is 12.1 Å². The van der Waals surface area contributed by atoms with Crippen LogP contribution in [0.2, 0.25) is 0 Å². The van der Waals surface area contributed by atoms with E-state index in [1.54, 1.807) is 0 Å².